The van der Waals surface area contributed by atoms with E-state index in [4.69, 9.17) is 4.74 Å². The zero-order chi connectivity index (χ0) is 15.7. The van der Waals surface area contributed by atoms with Crippen LogP contribution in [0.2, 0.25) is 0 Å². The van der Waals surface area contributed by atoms with Crippen molar-refractivity contribution in [2.75, 3.05) is 6.54 Å². The summed E-state index contributed by atoms with van der Waals surface area (Å²) in [6.07, 6.45) is 6.40. The maximum absolute atomic E-state index is 12.1. The molecule has 0 radical (unpaired) electrons. The van der Waals surface area contributed by atoms with Crippen LogP contribution in [0.4, 0.5) is 0 Å². The molecule has 3 heterocycles. The smallest absolute Gasteiger partial charge is 0.331 e. The van der Waals surface area contributed by atoms with E-state index >= 15 is 0 Å². The molecule has 1 spiro atoms. The predicted molar refractivity (Wildman–Crippen MR) is 90.4 cm³/mol. The van der Waals surface area contributed by atoms with Crippen LogP contribution in [0.15, 0.2) is 46.9 Å². The summed E-state index contributed by atoms with van der Waals surface area (Å²) in [4.78, 5) is 16.0. The fraction of sp³-hybridized carbons (Fsp3) is 0.526. The van der Waals surface area contributed by atoms with Crippen molar-refractivity contribution in [3.8, 4) is 0 Å². The van der Waals surface area contributed by atoms with Crippen LogP contribution in [0.3, 0.4) is 0 Å². The highest BCUT2D eigenvalue weighted by Crippen LogP contribution is 2.70. The summed E-state index contributed by atoms with van der Waals surface area (Å²) in [6, 6.07) is 11.4. The molecule has 4 atom stereocenters. The van der Waals surface area contributed by atoms with Gasteiger partial charge in [0.25, 0.3) is 0 Å². The van der Waals surface area contributed by atoms with Crippen molar-refractivity contribution in [2.45, 2.75) is 59.9 Å². The molecule has 4 aliphatic rings. The number of benzene rings is 1. The first kappa shape index (κ1) is 14.1. The highest BCUT2D eigenvalue weighted by atomic mass is 32.2. The van der Waals surface area contributed by atoms with E-state index in [1.54, 1.807) is 6.08 Å². The number of ether oxygens (including phenoxy) is 1. The molecule has 3 fully saturated rings. The molecule has 0 aromatic heterocycles. The van der Waals surface area contributed by atoms with E-state index in [9.17, 15) is 4.79 Å². The molecule has 1 aromatic rings. The van der Waals surface area contributed by atoms with E-state index in [2.05, 4.69) is 42.2 Å². The SMILES string of the molecule is C[C@@H]1N2CCCCC2[C@@]23OC(=O)C=C2CC13Sc1ccccc1. The molecule has 0 N–H and O–H groups in total. The van der Waals surface area contributed by atoms with Crippen LogP contribution in [-0.4, -0.2) is 39.8 Å². The van der Waals surface area contributed by atoms with Gasteiger partial charge < -0.3 is 4.74 Å². The van der Waals surface area contributed by atoms with Gasteiger partial charge in [-0.15, -0.1) is 11.8 Å². The maximum atomic E-state index is 12.1. The minimum Gasteiger partial charge on any atom is -0.448 e. The Hall–Kier alpha value is -1.26. The number of fused-ring (bicyclic) bond motifs is 1. The zero-order valence-corrected chi connectivity index (χ0v) is 14.1. The van der Waals surface area contributed by atoms with Gasteiger partial charge in [-0.1, -0.05) is 24.6 Å². The molecule has 3 nitrogen and oxygen atoms in total. The van der Waals surface area contributed by atoms with Gasteiger partial charge in [0.2, 0.25) is 0 Å². The molecular formula is C19H21NO2S. The lowest BCUT2D eigenvalue weighted by Gasteiger charge is -2.55. The molecule has 2 saturated heterocycles. The van der Waals surface area contributed by atoms with Crippen molar-refractivity contribution in [1.82, 2.24) is 4.90 Å². The third kappa shape index (κ3) is 1.59. The van der Waals surface area contributed by atoms with Gasteiger partial charge in [0.15, 0.2) is 5.60 Å². The van der Waals surface area contributed by atoms with E-state index in [0.717, 1.165) is 19.4 Å². The average Bonchev–Trinajstić information content (AvgIpc) is 2.92. The molecule has 3 aliphatic heterocycles. The van der Waals surface area contributed by atoms with Gasteiger partial charge in [0, 0.05) is 17.0 Å². The number of carbonyl (C=O) groups excluding carboxylic acids is 1. The zero-order valence-electron chi connectivity index (χ0n) is 13.3. The van der Waals surface area contributed by atoms with E-state index < -0.39 is 0 Å². The van der Waals surface area contributed by atoms with Crippen LogP contribution in [0.5, 0.6) is 0 Å². The number of esters is 1. The quantitative estimate of drug-likeness (QED) is 0.779. The van der Waals surface area contributed by atoms with Gasteiger partial charge in [0.05, 0.1) is 10.8 Å². The normalized spacial score (nSPS) is 41.4. The summed E-state index contributed by atoms with van der Waals surface area (Å²) in [5.41, 5.74) is 0.872. The Balaban J connectivity index is 1.62. The summed E-state index contributed by atoms with van der Waals surface area (Å²) in [7, 11) is 0. The molecule has 1 saturated carbocycles. The molecule has 0 bridgehead atoms. The van der Waals surface area contributed by atoms with Gasteiger partial charge in [0.1, 0.15) is 0 Å². The predicted octanol–water partition coefficient (Wildman–Crippen LogP) is 3.40. The fourth-order valence-electron chi connectivity index (χ4n) is 5.39. The van der Waals surface area contributed by atoms with Crippen molar-refractivity contribution in [1.29, 1.82) is 0 Å². The van der Waals surface area contributed by atoms with Crippen molar-refractivity contribution in [3.05, 3.63) is 42.0 Å². The Labute approximate surface area is 141 Å². The molecule has 120 valence electrons. The first-order valence-electron chi connectivity index (χ1n) is 8.61. The standard InChI is InChI=1S/C19H21NO2S/c1-13-18(23-15-7-3-2-4-8-15)12-14-11-17(21)22-19(14,18)16-9-5-6-10-20(13)16/h2-4,7-8,11,13,16H,5-6,9-10,12H2,1H3/t13-,16?,18?,19-/m0/s1. The molecule has 4 heteroatoms. The number of hydrogen-bond acceptors (Lipinski definition) is 4. The lowest BCUT2D eigenvalue weighted by Crippen LogP contribution is -2.66. The van der Waals surface area contributed by atoms with Gasteiger partial charge in [-0.2, -0.15) is 0 Å². The van der Waals surface area contributed by atoms with Gasteiger partial charge >= 0.3 is 5.97 Å². The molecule has 1 aromatic carbocycles. The molecule has 5 rings (SSSR count). The fourth-order valence-corrected chi connectivity index (χ4v) is 7.10. The Morgan fingerprint density at radius 2 is 2.09 bits per heavy atom. The van der Waals surface area contributed by atoms with Gasteiger partial charge in [-0.25, -0.2) is 4.79 Å². The lowest BCUT2D eigenvalue weighted by atomic mass is 9.61. The first-order chi connectivity index (χ1) is 11.2. The Morgan fingerprint density at radius 3 is 2.87 bits per heavy atom. The third-order valence-corrected chi connectivity index (χ3v) is 8.00. The maximum Gasteiger partial charge on any atom is 0.331 e. The Morgan fingerprint density at radius 1 is 1.26 bits per heavy atom. The van der Waals surface area contributed by atoms with Crippen LogP contribution in [0, 0.1) is 0 Å². The molecule has 23 heavy (non-hydrogen) atoms. The minimum atomic E-state index is -0.371. The molecule has 2 unspecified atom stereocenters. The Bertz CT molecular complexity index is 703. The summed E-state index contributed by atoms with van der Waals surface area (Å²) in [6.45, 7) is 3.47. The number of nitrogens with zero attached hydrogens (tertiary/aromatic N) is 1. The Kier molecular flexibility index (Phi) is 2.85. The monoisotopic (exact) mass is 327 g/mol. The van der Waals surface area contributed by atoms with Gasteiger partial charge in [-0.05, 0) is 50.4 Å². The van der Waals surface area contributed by atoms with Crippen molar-refractivity contribution >= 4 is 17.7 Å². The van der Waals surface area contributed by atoms with Crippen LogP contribution >= 0.6 is 11.8 Å². The summed E-state index contributed by atoms with van der Waals surface area (Å²) < 4.78 is 6.07. The van der Waals surface area contributed by atoms with Crippen LogP contribution in [0.1, 0.15) is 32.6 Å². The van der Waals surface area contributed by atoms with Crippen LogP contribution in [-0.2, 0) is 9.53 Å². The minimum absolute atomic E-state index is 0.0264. The number of rotatable bonds is 2. The largest absolute Gasteiger partial charge is 0.448 e. The first-order valence-corrected chi connectivity index (χ1v) is 9.43. The topological polar surface area (TPSA) is 29.5 Å². The van der Waals surface area contributed by atoms with Crippen molar-refractivity contribution < 1.29 is 9.53 Å². The summed E-state index contributed by atoms with van der Waals surface area (Å²) in [5.74, 6) is -0.129. The molecular weight excluding hydrogens is 306 g/mol. The van der Waals surface area contributed by atoms with Crippen molar-refractivity contribution in [2.24, 2.45) is 0 Å². The third-order valence-electron chi connectivity index (χ3n) is 6.34. The molecule has 0 amide bonds. The van der Waals surface area contributed by atoms with Gasteiger partial charge in [-0.3, -0.25) is 4.90 Å². The van der Waals surface area contributed by atoms with Crippen molar-refractivity contribution in [3.63, 3.8) is 0 Å². The number of hydrogen-bond donors (Lipinski definition) is 0. The second-order valence-corrected chi connectivity index (χ2v) is 8.64. The number of carbonyl (C=O) groups is 1. The second-order valence-electron chi connectivity index (χ2n) is 7.23. The van der Waals surface area contributed by atoms with E-state index in [1.165, 1.54) is 23.3 Å². The number of piperidine rings is 1. The lowest BCUT2D eigenvalue weighted by molar-refractivity contribution is -0.154. The van der Waals surface area contributed by atoms with E-state index in [-0.39, 0.29) is 16.3 Å². The highest BCUT2D eigenvalue weighted by Gasteiger charge is 2.79. The molecule has 1 aliphatic carbocycles. The van der Waals surface area contributed by atoms with E-state index in [1.807, 2.05) is 11.8 Å². The average molecular weight is 327 g/mol. The summed E-state index contributed by atoms with van der Waals surface area (Å²) >= 11 is 1.93. The van der Waals surface area contributed by atoms with Crippen LogP contribution in [0.25, 0.3) is 0 Å². The highest BCUT2D eigenvalue weighted by molar-refractivity contribution is 8.01. The summed E-state index contributed by atoms with van der Waals surface area (Å²) in [5, 5.41) is 0. The second kappa shape index (κ2) is 4.64. The van der Waals surface area contributed by atoms with Crippen LogP contribution < -0.4 is 0 Å². The number of thioether (sulfide) groups is 1. The van der Waals surface area contributed by atoms with E-state index in [0.29, 0.717) is 12.1 Å².